The molecule has 5 fully saturated rings. The zero-order chi connectivity index (χ0) is 39.5. The van der Waals surface area contributed by atoms with Crippen molar-refractivity contribution in [3.63, 3.8) is 0 Å². The van der Waals surface area contributed by atoms with Gasteiger partial charge in [-0.25, -0.2) is 22.6 Å². The van der Waals surface area contributed by atoms with Crippen LogP contribution >= 0.6 is 0 Å². The number of halogens is 1. The van der Waals surface area contributed by atoms with Crippen LogP contribution in [-0.4, -0.2) is 90.9 Å². The molecule has 1 saturated heterocycles. The molecule has 10 atom stereocenters. The SMILES string of the molecule is COc1cc(F)cc2c(O[C@@H]3C[C@H]4C(=O)N[C@]5(C(=O)NS(=O)(=O)C6CC6)C[C@H]5/C=C\CC[C@H](C)C[C@@H](C)[C@H](NC(=O)OC5C[C@@H]6C[C@@H]6C5)C(=O)N4C3)nccc12. The first kappa shape index (κ1) is 38.4. The van der Waals surface area contributed by atoms with Crippen molar-refractivity contribution in [3.05, 3.63) is 42.4 Å². The first-order chi connectivity index (χ1) is 26.7. The molecule has 1 aromatic carbocycles. The molecule has 302 valence electrons. The summed E-state index contributed by atoms with van der Waals surface area (Å²) in [6, 6.07) is 1.95. The fourth-order valence-corrected chi connectivity index (χ4v) is 10.5. The molecule has 0 bridgehead atoms. The lowest BCUT2D eigenvalue weighted by Gasteiger charge is -2.33. The van der Waals surface area contributed by atoms with E-state index in [0.29, 0.717) is 48.3 Å². The number of pyridine rings is 1. The zero-order valence-corrected chi connectivity index (χ0v) is 32.7. The Kier molecular flexibility index (Phi) is 10.1. The molecule has 3 N–H and O–H groups in total. The quantitative estimate of drug-likeness (QED) is 0.329. The second-order valence-electron chi connectivity index (χ2n) is 16.9. The van der Waals surface area contributed by atoms with E-state index in [9.17, 15) is 32.0 Å². The highest BCUT2D eigenvalue weighted by Gasteiger charge is 2.62. The summed E-state index contributed by atoms with van der Waals surface area (Å²) in [6.45, 7) is 3.88. The lowest BCUT2D eigenvalue weighted by molar-refractivity contribution is -0.142. The number of methoxy groups -OCH3 is 1. The molecule has 14 nitrogen and oxygen atoms in total. The fourth-order valence-electron chi connectivity index (χ4n) is 9.18. The molecule has 1 aromatic heterocycles. The van der Waals surface area contributed by atoms with Gasteiger partial charge in [-0.05, 0) is 93.6 Å². The van der Waals surface area contributed by atoms with Gasteiger partial charge in [0.2, 0.25) is 27.7 Å². The van der Waals surface area contributed by atoms with E-state index >= 15 is 0 Å². The van der Waals surface area contributed by atoms with Gasteiger partial charge in [-0.3, -0.25) is 19.1 Å². The Morgan fingerprint density at radius 2 is 1.79 bits per heavy atom. The monoisotopic (exact) mass is 795 g/mol. The van der Waals surface area contributed by atoms with Crippen LogP contribution < -0.4 is 24.8 Å². The van der Waals surface area contributed by atoms with E-state index in [1.54, 1.807) is 6.07 Å². The van der Waals surface area contributed by atoms with Crippen LogP contribution in [0.15, 0.2) is 36.5 Å². The van der Waals surface area contributed by atoms with Crippen molar-refractivity contribution in [2.45, 2.75) is 113 Å². The van der Waals surface area contributed by atoms with E-state index in [1.165, 1.54) is 30.3 Å². The third kappa shape index (κ3) is 7.77. The molecule has 56 heavy (non-hydrogen) atoms. The van der Waals surface area contributed by atoms with Gasteiger partial charge < -0.3 is 29.7 Å². The number of allylic oxidation sites excluding steroid dienone is 1. The minimum absolute atomic E-state index is 0.0343. The van der Waals surface area contributed by atoms with Gasteiger partial charge in [-0.15, -0.1) is 0 Å². The number of hydrogen-bond donors (Lipinski definition) is 3. The van der Waals surface area contributed by atoms with Crippen molar-refractivity contribution in [2.24, 2.45) is 29.6 Å². The van der Waals surface area contributed by atoms with Crippen LogP contribution in [0, 0.1) is 35.4 Å². The lowest BCUT2D eigenvalue weighted by Crippen LogP contribution is -2.59. The summed E-state index contributed by atoms with van der Waals surface area (Å²) in [5.74, 6) is -1.72. The summed E-state index contributed by atoms with van der Waals surface area (Å²) in [5, 5.41) is 5.97. The minimum atomic E-state index is -3.92. The van der Waals surface area contributed by atoms with Crippen LogP contribution in [0.5, 0.6) is 11.6 Å². The molecule has 8 rings (SSSR count). The number of hydrogen-bond acceptors (Lipinski definition) is 10. The van der Waals surface area contributed by atoms with Crippen LogP contribution in [0.1, 0.15) is 78.1 Å². The van der Waals surface area contributed by atoms with E-state index < -0.39 is 74.5 Å². The van der Waals surface area contributed by atoms with Gasteiger partial charge in [-0.1, -0.05) is 26.0 Å². The van der Waals surface area contributed by atoms with Gasteiger partial charge >= 0.3 is 6.09 Å². The van der Waals surface area contributed by atoms with E-state index in [0.717, 1.165) is 25.7 Å². The number of amides is 4. The molecule has 6 aliphatic rings. The van der Waals surface area contributed by atoms with Gasteiger partial charge in [-0.2, -0.15) is 0 Å². The molecule has 4 aliphatic carbocycles. The van der Waals surface area contributed by atoms with Crippen molar-refractivity contribution in [1.29, 1.82) is 0 Å². The van der Waals surface area contributed by atoms with E-state index in [1.807, 2.05) is 19.1 Å². The summed E-state index contributed by atoms with van der Waals surface area (Å²) >= 11 is 0. The highest BCUT2D eigenvalue weighted by atomic mass is 32.2. The maximum atomic E-state index is 14.8. The molecule has 4 amide bonds. The Morgan fingerprint density at radius 3 is 2.52 bits per heavy atom. The van der Waals surface area contributed by atoms with Crippen molar-refractivity contribution >= 4 is 44.6 Å². The van der Waals surface area contributed by atoms with Gasteiger partial charge in [0.05, 0.1) is 24.3 Å². The summed E-state index contributed by atoms with van der Waals surface area (Å²) in [7, 11) is -2.50. The molecule has 2 aliphatic heterocycles. The first-order valence-electron chi connectivity index (χ1n) is 19.9. The van der Waals surface area contributed by atoms with E-state index in [4.69, 9.17) is 14.2 Å². The summed E-state index contributed by atoms with van der Waals surface area (Å²) in [4.78, 5) is 62.3. The maximum Gasteiger partial charge on any atom is 0.408 e. The van der Waals surface area contributed by atoms with Gasteiger partial charge in [0.1, 0.15) is 41.4 Å². The highest BCUT2D eigenvalue weighted by molar-refractivity contribution is 7.91. The van der Waals surface area contributed by atoms with Gasteiger partial charge in [0, 0.05) is 30.0 Å². The topological polar surface area (TPSA) is 182 Å². The van der Waals surface area contributed by atoms with Crippen molar-refractivity contribution in [1.82, 2.24) is 25.2 Å². The summed E-state index contributed by atoms with van der Waals surface area (Å²) in [5.41, 5.74) is -1.54. The first-order valence-corrected chi connectivity index (χ1v) is 21.4. The number of carbonyl (C=O) groups excluding carboxylic acids is 4. The molecular weight excluding hydrogens is 746 g/mol. The third-order valence-electron chi connectivity index (χ3n) is 12.6. The third-order valence-corrected chi connectivity index (χ3v) is 14.5. The van der Waals surface area contributed by atoms with Crippen LogP contribution in [0.3, 0.4) is 0 Å². The number of aromatic nitrogens is 1. The van der Waals surface area contributed by atoms with Crippen molar-refractivity contribution < 1.29 is 46.2 Å². The summed E-state index contributed by atoms with van der Waals surface area (Å²) in [6.07, 6.45) is 9.43. The number of benzene rings is 1. The average Bonchev–Trinajstić information content (AvgIpc) is 4.11. The number of carbonyl (C=O) groups is 4. The highest BCUT2D eigenvalue weighted by Crippen LogP contribution is 2.52. The largest absolute Gasteiger partial charge is 0.496 e. The fraction of sp³-hybridized carbons (Fsp3) is 0.625. The second-order valence-corrected chi connectivity index (χ2v) is 18.9. The molecular formula is C40H50FN5O9S. The molecule has 1 unspecified atom stereocenters. The van der Waals surface area contributed by atoms with Gasteiger partial charge in [0.15, 0.2) is 0 Å². The minimum Gasteiger partial charge on any atom is -0.496 e. The van der Waals surface area contributed by atoms with Crippen LogP contribution in [0.25, 0.3) is 10.8 Å². The standard InChI is InChI=1S/C40H50FN5O9S/c1-21-6-4-5-7-25-19-40(25,38(49)45-56(51,52)29-8-9-29)44-35(47)32-18-28(54-36-31-16-26(41)17-33(53-3)30(31)10-11-42-36)20-46(32)37(48)34(22(2)12-21)43-39(50)55-27-14-23-13-24(23)15-27/h5,7,10-11,16-17,21-25,27-29,32,34H,4,6,8-9,12-15,18-20H2,1-3H3,(H,43,50)(H,44,47)(H,45,49)/b7-5-/t21-,22+,23-,24+,25+,27?,28+,32-,34-,40+/m0/s1. The zero-order valence-electron chi connectivity index (χ0n) is 31.9. The molecule has 4 saturated carbocycles. The predicted octanol–water partition coefficient (Wildman–Crippen LogP) is 4.12. The lowest BCUT2D eigenvalue weighted by atomic mass is 9.88. The number of nitrogens with zero attached hydrogens (tertiary/aromatic N) is 2. The van der Waals surface area contributed by atoms with Crippen LogP contribution in [0.4, 0.5) is 9.18 Å². The normalized spacial score (nSPS) is 34.8. The number of fused-ring (bicyclic) bond motifs is 4. The number of alkyl carbamates (subject to hydrolysis) is 1. The molecule has 3 heterocycles. The van der Waals surface area contributed by atoms with Crippen molar-refractivity contribution in [3.8, 4) is 11.6 Å². The predicted molar refractivity (Wildman–Crippen MR) is 201 cm³/mol. The van der Waals surface area contributed by atoms with E-state index in [-0.39, 0.29) is 49.0 Å². The van der Waals surface area contributed by atoms with Gasteiger partial charge in [0.25, 0.3) is 5.91 Å². The average molecular weight is 796 g/mol. The van der Waals surface area contributed by atoms with Crippen LogP contribution in [0.2, 0.25) is 0 Å². The Morgan fingerprint density at radius 1 is 1.02 bits per heavy atom. The number of ether oxygens (including phenoxy) is 3. The number of rotatable bonds is 8. The number of sulfonamides is 1. The Bertz CT molecular complexity index is 2050. The Labute approximate surface area is 325 Å². The summed E-state index contributed by atoms with van der Waals surface area (Å²) < 4.78 is 60.3. The Hall–Kier alpha value is -4.47. The van der Waals surface area contributed by atoms with Crippen LogP contribution in [-0.2, 0) is 29.1 Å². The second kappa shape index (κ2) is 14.8. The number of nitrogens with one attached hydrogen (secondary N) is 3. The molecule has 16 heteroatoms. The smallest absolute Gasteiger partial charge is 0.408 e. The molecule has 0 radical (unpaired) electrons. The van der Waals surface area contributed by atoms with E-state index in [2.05, 4.69) is 27.3 Å². The Balaban J connectivity index is 1.11. The molecule has 0 spiro atoms. The molecule has 2 aromatic rings. The van der Waals surface area contributed by atoms with Crippen molar-refractivity contribution in [2.75, 3.05) is 13.7 Å². The maximum absolute atomic E-state index is 14.8.